The third kappa shape index (κ3) is 3.79. The molecule has 0 bridgehead atoms. The monoisotopic (exact) mass is 320 g/mol. The predicted octanol–water partition coefficient (Wildman–Crippen LogP) is 2.78. The molecule has 1 saturated carbocycles. The maximum absolute atomic E-state index is 11.7. The highest BCUT2D eigenvalue weighted by Crippen LogP contribution is 2.35. The molecule has 1 aliphatic rings. The summed E-state index contributed by atoms with van der Waals surface area (Å²) < 4.78 is 0.910. The van der Waals surface area contributed by atoms with Crippen molar-refractivity contribution in [3.8, 4) is 0 Å². The normalized spacial score (nSPS) is 14.1. The lowest BCUT2D eigenvalue weighted by molar-refractivity contribution is -0.116. The zero-order chi connectivity index (χ0) is 14.7. The number of nitrogens with zero attached hydrogens (tertiary/aromatic N) is 4. The van der Waals surface area contributed by atoms with Crippen molar-refractivity contribution in [3.05, 3.63) is 30.1 Å². The summed E-state index contributed by atoms with van der Waals surface area (Å²) in [6.07, 6.45) is 4.85. The van der Waals surface area contributed by atoms with Crippen molar-refractivity contribution >= 4 is 34.1 Å². The molecule has 21 heavy (non-hydrogen) atoms. The Balaban J connectivity index is 1.56. The smallest absolute Gasteiger partial charge is 0.225 e. The Morgan fingerprint density at radius 2 is 2.29 bits per heavy atom. The van der Waals surface area contributed by atoms with Gasteiger partial charge in [0.15, 0.2) is 4.34 Å². The minimum atomic E-state index is 0.0543. The molecule has 0 saturated heterocycles. The first-order valence-corrected chi connectivity index (χ1v) is 8.70. The Hall–Kier alpha value is -1.47. The van der Waals surface area contributed by atoms with E-state index in [0.29, 0.717) is 6.04 Å². The molecule has 1 aliphatic carbocycles. The number of aromatic nitrogens is 3. The van der Waals surface area contributed by atoms with E-state index in [1.165, 1.54) is 11.3 Å². The number of pyridine rings is 1. The van der Waals surface area contributed by atoms with E-state index in [2.05, 4.69) is 15.2 Å². The van der Waals surface area contributed by atoms with Crippen LogP contribution in [-0.4, -0.2) is 32.9 Å². The van der Waals surface area contributed by atoms with Gasteiger partial charge in [-0.1, -0.05) is 29.2 Å². The first-order chi connectivity index (χ1) is 10.2. The number of carbonyl (C=O) groups excluding carboxylic acids is 1. The number of aryl methyl sites for hydroxylation is 1. The lowest BCUT2D eigenvalue weighted by Crippen LogP contribution is -2.30. The van der Waals surface area contributed by atoms with Gasteiger partial charge in [-0.25, -0.2) is 0 Å². The fourth-order valence-corrected chi connectivity index (χ4v) is 4.02. The summed E-state index contributed by atoms with van der Waals surface area (Å²) in [5.41, 5.74) is 1.08. The maximum Gasteiger partial charge on any atom is 0.225 e. The quantitative estimate of drug-likeness (QED) is 0.605. The van der Waals surface area contributed by atoms with E-state index in [1.807, 2.05) is 24.4 Å². The van der Waals surface area contributed by atoms with Crippen LogP contribution in [0.5, 0.6) is 0 Å². The van der Waals surface area contributed by atoms with Gasteiger partial charge in [-0.15, -0.1) is 10.2 Å². The first kappa shape index (κ1) is 14.5. The zero-order valence-electron chi connectivity index (χ0n) is 11.7. The summed E-state index contributed by atoms with van der Waals surface area (Å²) >= 11 is 3.16. The molecule has 0 radical (unpaired) electrons. The summed E-state index contributed by atoms with van der Waals surface area (Å²) in [6, 6.07) is 6.27. The Morgan fingerprint density at radius 3 is 2.95 bits per heavy atom. The molecular weight excluding hydrogens is 304 g/mol. The van der Waals surface area contributed by atoms with Crippen LogP contribution < -0.4 is 4.90 Å². The number of hydrogen-bond acceptors (Lipinski definition) is 6. The van der Waals surface area contributed by atoms with Gasteiger partial charge < -0.3 is 0 Å². The van der Waals surface area contributed by atoms with E-state index >= 15 is 0 Å². The van der Waals surface area contributed by atoms with E-state index < -0.39 is 0 Å². The third-order valence-corrected chi connectivity index (χ3v) is 5.22. The van der Waals surface area contributed by atoms with E-state index in [-0.39, 0.29) is 5.91 Å². The van der Waals surface area contributed by atoms with Crippen LogP contribution in [0.1, 0.15) is 25.5 Å². The molecule has 2 aromatic rings. The SMILES string of the molecule is CC(=O)N(c1nnc(SCCc2ccccn2)s1)C1CC1. The molecule has 0 unspecified atom stereocenters. The number of amides is 1. The van der Waals surface area contributed by atoms with Crippen molar-refractivity contribution in [3.63, 3.8) is 0 Å². The van der Waals surface area contributed by atoms with Crippen LogP contribution in [-0.2, 0) is 11.2 Å². The van der Waals surface area contributed by atoms with Crippen molar-refractivity contribution in [1.82, 2.24) is 15.2 Å². The number of rotatable bonds is 6. The second-order valence-corrected chi connectivity index (χ2v) is 7.19. The van der Waals surface area contributed by atoms with Crippen LogP contribution in [0.3, 0.4) is 0 Å². The molecule has 3 rings (SSSR count). The van der Waals surface area contributed by atoms with Crippen molar-refractivity contribution < 1.29 is 4.79 Å². The second kappa shape index (κ2) is 6.53. The molecule has 0 spiro atoms. The average molecular weight is 320 g/mol. The van der Waals surface area contributed by atoms with Crippen LogP contribution in [0, 0.1) is 0 Å². The largest absolute Gasteiger partial charge is 0.284 e. The highest BCUT2D eigenvalue weighted by Gasteiger charge is 2.34. The molecule has 0 aromatic carbocycles. The minimum Gasteiger partial charge on any atom is -0.284 e. The van der Waals surface area contributed by atoms with Crippen molar-refractivity contribution in [2.24, 2.45) is 0 Å². The summed E-state index contributed by atoms with van der Waals surface area (Å²) in [6.45, 7) is 1.59. The number of hydrogen-bond donors (Lipinski definition) is 0. The second-order valence-electron chi connectivity index (χ2n) is 4.89. The summed E-state index contributed by atoms with van der Waals surface area (Å²) in [4.78, 5) is 17.8. The molecule has 1 amide bonds. The number of carbonyl (C=O) groups is 1. The Labute approximate surface area is 131 Å². The number of thioether (sulfide) groups is 1. The molecule has 5 nitrogen and oxygen atoms in total. The molecule has 110 valence electrons. The summed E-state index contributed by atoms with van der Waals surface area (Å²) in [5, 5.41) is 9.07. The molecular formula is C14H16N4OS2. The predicted molar refractivity (Wildman–Crippen MR) is 84.8 cm³/mol. The van der Waals surface area contributed by atoms with Gasteiger partial charge in [-0.3, -0.25) is 14.7 Å². The van der Waals surface area contributed by atoms with Gasteiger partial charge in [0.2, 0.25) is 11.0 Å². The Morgan fingerprint density at radius 1 is 1.43 bits per heavy atom. The molecule has 2 heterocycles. The highest BCUT2D eigenvalue weighted by molar-refractivity contribution is 8.01. The van der Waals surface area contributed by atoms with E-state index in [0.717, 1.165) is 40.2 Å². The maximum atomic E-state index is 11.7. The highest BCUT2D eigenvalue weighted by atomic mass is 32.2. The number of anilines is 1. The average Bonchev–Trinajstić information content (AvgIpc) is 3.19. The van der Waals surface area contributed by atoms with Gasteiger partial charge in [0, 0.05) is 30.6 Å². The third-order valence-electron chi connectivity index (χ3n) is 3.16. The van der Waals surface area contributed by atoms with Gasteiger partial charge in [0.25, 0.3) is 0 Å². The van der Waals surface area contributed by atoms with Gasteiger partial charge in [0.05, 0.1) is 0 Å². The topological polar surface area (TPSA) is 59.0 Å². The fourth-order valence-electron chi connectivity index (χ4n) is 2.03. The van der Waals surface area contributed by atoms with Gasteiger partial charge >= 0.3 is 0 Å². The van der Waals surface area contributed by atoms with Gasteiger partial charge in [-0.2, -0.15) is 0 Å². The van der Waals surface area contributed by atoms with Crippen LogP contribution in [0.2, 0.25) is 0 Å². The zero-order valence-corrected chi connectivity index (χ0v) is 13.4. The van der Waals surface area contributed by atoms with Crippen LogP contribution in [0.15, 0.2) is 28.7 Å². The minimum absolute atomic E-state index is 0.0543. The molecule has 0 atom stereocenters. The van der Waals surface area contributed by atoms with Gasteiger partial charge in [-0.05, 0) is 31.4 Å². The van der Waals surface area contributed by atoms with Crippen LogP contribution >= 0.6 is 23.1 Å². The molecule has 2 aromatic heterocycles. The van der Waals surface area contributed by atoms with E-state index in [9.17, 15) is 4.79 Å². The molecule has 0 aliphatic heterocycles. The first-order valence-electron chi connectivity index (χ1n) is 6.90. The molecule has 0 N–H and O–H groups in total. The van der Waals surface area contributed by atoms with Crippen molar-refractivity contribution in [2.45, 2.75) is 36.6 Å². The van der Waals surface area contributed by atoms with Gasteiger partial charge in [0.1, 0.15) is 0 Å². The lowest BCUT2D eigenvalue weighted by atomic mass is 10.3. The van der Waals surface area contributed by atoms with E-state index in [1.54, 1.807) is 23.6 Å². The summed E-state index contributed by atoms with van der Waals surface area (Å²) in [7, 11) is 0. The summed E-state index contributed by atoms with van der Waals surface area (Å²) in [5.74, 6) is 0.966. The lowest BCUT2D eigenvalue weighted by Gasteiger charge is -2.15. The molecule has 1 fully saturated rings. The molecule has 7 heteroatoms. The standard InChI is InChI=1S/C14H16N4OS2/c1-10(19)18(12-5-6-12)13-16-17-14(21-13)20-9-7-11-4-2-3-8-15-11/h2-4,8,12H,5-7,9H2,1H3. The Bertz CT molecular complexity index is 612. The van der Waals surface area contributed by atoms with Crippen molar-refractivity contribution in [1.29, 1.82) is 0 Å². The fraction of sp³-hybridized carbons (Fsp3) is 0.429. The van der Waals surface area contributed by atoms with E-state index in [4.69, 9.17) is 0 Å². The Kier molecular flexibility index (Phi) is 4.50. The van der Waals surface area contributed by atoms with Crippen LogP contribution in [0.4, 0.5) is 5.13 Å². The van der Waals surface area contributed by atoms with Crippen LogP contribution in [0.25, 0.3) is 0 Å². The van der Waals surface area contributed by atoms with Crippen molar-refractivity contribution in [2.75, 3.05) is 10.7 Å².